The van der Waals surface area contributed by atoms with Crippen LogP contribution in [0.2, 0.25) is 0 Å². The van der Waals surface area contributed by atoms with Gasteiger partial charge in [-0.15, -0.1) is 0 Å². The van der Waals surface area contributed by atoms with Crippen molar-refractivity contribution >= 4 is 0 Å². The van der Waals surface area contributed by atoms with E-state index in [0.717, 1.165) is 25.7 Å². The van der Waals surface area contributed by atoms with Crippen LogP contribution in [0.3, 0.4) is 0 Å². The maximum atomic E-state index is 13.0. The third-order valence-electron chi connectivity index (χ3n) is 10.8. The van der Waals surface area contributed by atoms with E-state index in [9.17, 15) is 18.3 Å². The van der Waals surface area contributed by atoms with E-state index < -0.39 is 17.7 Å². The van der Waals surface area contributed by atoms with Crippen LogP contribution in [0.1, 0.15) is 98.8 Å². The van der Waals surface area contributed by atoms with Crippen LogP contribution < -0.4 is 0 Å². The number of rotatable bonds is 4. The van der Waals surface area contributed by atoms with Crippen molar-refractivity contribution in [2.45, 2.75) is 111 Å². The fourth-order valence-corrected chi connectivity index (χ4v) is 8.66. The highest BCUT2D eigenvalue weighted by Gasteiger charge is 2.59. The summed E-state index contributed by atoms with van der Waals surface area (Å²) in [6, 6.07) is 0. The molecule has 4 rings (SSSR count). The van der Waals surface area contributed by atoms with Crippen LogP contribution in [-0.4, -0.2) is 16.9 Å². The first-order valence-corrected chi connectivity index (χ1v) is 12.8. The summed E-state index contributed by atoms with van der Waals surface area (Å²) < 4.78 is 39.0. The van der Waals surface area contributed by atoms with Crippen LogP contribution in [0, 0.1) is 46.3 Å². The molecule has 0 aliphatic heterocycles. The molecule has 31 heavy (non-hydrogen) atoms. The van der Waals surface area contributed by atoms with Gasteiger partial charge in [0.25, 0.3) is 0 Å². The van der Waals surface area contributed by atoms with Crippen LogP contribution in [0.15, 0.2) is 11.6 Å². The van der Waals surface area contributed by atoms with Crippen LogP contribution >= 0.6 is 0 Å². The second kappa shape index (κ2) is 7.77. The first-order valence-electron chi connectivity index (χ1n) is 12.8. The van der Waals surface area contributed by atoms with Crippen LogP contribution in [0.25, 0.3) is 0 Å². The van der Waals surface area contributed by atoms with Gasteiger partial charge in [-0.25, -0.2) is 0 Å². The number of hydrogen-bond donors (Lipinski definition) is 1. The topological polar surface area (TPSA) is 20.2 Å². The van der Waals surface area contributed by atoms with Crippen LogP contribution in [0.5, 0.6) is 0 Å². The van der Waals surface area contributed by atoms with Crippen molar-refractivity contribution in [1.82, 2.24) is 0 Å². The lowest BCUT2D eigenvalue weighted by Gasteiger charge is -2.59. The predicted molar refractivity (Wildman–Crippen MR) is 119 cm³/mol. The molecule has 0 bridgehead atoms. The van der Waals surface area contributed by atoms with Crippen molar-refractivity contribution in [1.29, 1.82) is 0 Å². The summed E-state index contributed by atoms with van der Waals surface area (Å²) in [5.74, 6) is 1.86. The largest absolute Gasteiger partial charge is 0.391 e. The minimum absolute atomic E-state index is 0.234. The van der Waals surface area contributed by atoms with Gasteiger partial charge in [-0.2, -0.15) is 13.2 Å². The number of alkyl halides is 3. The number of halogens is 3. The molecule has 178 valence electrons. The Balaban J connectivity index is 1.48. The van der Waals surface area contributed by atoms with E-state index in [1.165, 1.54) is 38.2 Å². The van der Waals surface area contributed by atoms with Crippen LogP contribution in [0.4, 0.5) is 13.2 Å². The molecule has 3 saturated carbocycles. The minimum atomic E-state index is -4.06. The number of allylic oxidation sites excluding steroid dienone is 1. The maximum Gasteiger partial charge on any atom is 0.391 e. The molecule has 4 heteroatoms. The van der Waals surface area contributed by atoms with E-state index in [-0.39, 0.29) is 17.3 Å². The lowest BCUT2D eigenvalue weighted by molar-refractivity contribution is -0.172. The third kappa shape index (κ3) is 4.02. The summed E-state index contributed by atoms with van der Waals surface area (Å²) in [5, 5.41) is 10.6. The Morgan fingerprint density at radius 1 is 1.00 bits per heavy atom. The first-order chi connectivity index (χ1) is 14.3. The summed E-state index contributed by atoms with van der Waals surface area (Å²) in [6.45, 7) is 10.5. The summed E-state index contributed by atoms with van der Waals surface area (Å²) in [7, 11) is 0. The molecule has 4 aliphatic carbocycles. The SMILES string of the molecule is C[C@H](CC[C@@H](C)C(F)(F)F)[C@H]1CC[C@H]2[C@@H]3CC=C4C[C@@](C)(O)CC[C@]4(C)[C@H]3CC[C@]12C. The van der Waals surface area contributed by atoms with E-state index >= 15 is 0 Å². The van der Waals surface area contributed by atoms with E-state index in [4.69, 9.17) is 0 Å². The normalized spacial score (nSPS) is 47.1. The summed E-state index contributed by atoms with van der Waals surface area (Å²) in [4.78, 5) is 0. The standard InChI is InChI=1S/C27H43F3O/c1-17(6-7-18(2)27(28,29)30)21-10-11-22-20-9-8-19-16-24(3,31)14-15-25(19,4)23(20)12-13-26(21,22)5/h8,17-18,20-23,31H,6-7,9-16H2,1-5H3/t17-,18-,20+,21-,22+,23+,24+,25+,26-/m1/s1. The van der Waals surface area contributed by atoms with Gasteiger partial charge in [0.2, 0.25) is 0 Å². The molecule has 4 aliphatic rings. The molecule has 0 unspecified atom stereocenters. The van der Waals surface area contributed by atoms with Crippen molar-refractivity contribution in [2.24, 2.45) is 46.3 Å². The molecule has 1 N–H and O–H groups in total. The Kier molecular flexibility index (Phi) is 5.93. The highest BCUT2D eigenvalue weighted by atomic mass is 19.4. The van der Waals surface area contributed by atoms with E-state index in [0.29, 0.717) is 36.0 Å². The van der Waals surface area contributed by atoms with Crippen molar-refractivity contribution in [3.63, 3.8) is 0 Å². The van der Waals surface area contributed by atoms with Gasteiger partial charge < -0.3 is 5.11 Å². The zero-order chi connectivity index (χ0) is 22.8. The highest BCUT2D eigenvalue weighted by molar-refractivity contribution is 5.26. The van der Waals surface area contributed by atoms with Crippen LogP contribution in [-0.2, 0) is 0 Å². The first kappa shape index (κ1) is 23.6. The predicted octanol–water partition coefficient (Wildman–Crippen LogP) is 7.93. The second-order valence-electron chi connectivity index (χ2n) is 12.7. The Bertz CT molecular complexity index is 710. The lowest BCUT2D eigenvalue weighted by atomic mass is 9.46. The second-order valence-corrected chi connectivity index (χ2v) is 12.7. The Morgan fingerprint density at radius 3 is 2.39 bits per heavy atom. The van der Waals surface area contributed by atoms with Gasteiger partial charge in [-0.05, 0) is 112 Å². The minimum Gasteiger partial charge on any atom is -0.390 e. The average Bonchev–Trinajstić information content (AvgIpc) is 3.02. The molecule has 9 atom stereocenters. The lowest BCUT2D eigenvalue weighted by Crippen LogP contribution is -2.52. The molecule has 3 fully saturated rings. The Morgan fingerprint density at radius 2 is 1.71 bits per heavy atom. The molecule has 1 nitrogen and oxygen atoms in total. The zero-order valence-electron chi connectivity index (χ0n) is 20.2. The smallest absolute Gasteiger partial charge is 0.390 e. The number of aliphatic hydroxyl groups is 1. The van der Waals surface area contributed by atoms with E-state index in [2.05, 4.69) is 26.8 Å². The summed E-state index contributed by atoms with van der Waals surface area (Å²) in [5.41, 5.74) is 1.46. The van der Waals surface area contributed by atoms with Gasteiger partial charge in [0.05, 0.1) is 11.5 Å². The van der Waals surface area contributed by atoms with Crippen molar-refractivity contribution in [3.8, 4) is 0 Å². The molecular formula is C27H43F3O. The molecule has 0 saturated heterocycles. The van der Waals surface area contributed by atoms with Crippen molar-refractivity contribution < 1.29 is 18.3 Å². The van der Waals surface area contributed by atoms with Gasteiger partial charge in [0.1, 0.15) is 0 Å². The molecule has 0 aromatic heterocycles. The Labute approximate surface area is 187 Å². The third-order valence-corrected chi connectivity index (χ3v) is 10.8. The monoisotopic (exact) mass is 440 g/mol. The zero-order valence-corrected chi connectivity index (χ0v) is 20.2. The average molecular weight is 441 g/mol. The quantitative estimate of drug-likeness (QED) is 0.440. The number of fused-ring (bicyclic) bond motifs is 5. The Hall–Kier alpha value is -0.510. The molecule has 0 heterocycles. The number of hydrogen-bond acceptors (Lipinski definition) is 1. The van der Waals surface area contributed by atoms with Gasteiger partial charge in [-0.3, -0.25) is 0 Å². The van der Waals surface area contributed by atoms with Gasteiger partial charge >= 0.3 is 6.18 Å². The molecule has 0 amide bonds. The van der Waals surface area contributed by atoms with E-state index in [1.54, 1.807) is 0 Å². The summed E-state index contributed by atoms with van der Waals surface area (Å²) in [6.07, 6.45) is 8.22. The molecule has 0 radical (unpaired) electrons. The van der Waals surface area contributed by atoms with Crippen molar-refractivity contribution in [3.05, 3.63) is 11.6 Å². The van der Waals surface area contributed by atoms with Gasteiger partial charge in [-0.1, -0.05) is 39.3 Å². The fourth-order valence-electron chi connectivity index (χ4n) is 8.66. The van der Waals surface area contributed by atoms with Gasteiger partial charge in [0, 0.05) is 0 Å². The van der Waals surface area contributed by atoms with E-state index in [1.807, 2.05) is 6.92 Å². The molecule has 0 spiro atoms. The molecular weight excluding hydrogens is 397 g/mol. The molecule has 0 aromatic carbocycles. The summed E-state index contributed by atoms with van der Waals surface area (Å²) >= 11 is 0. The van der Waals surface area contributed by atoms with Gasteiger partial charge in [0.15, 0.2) is 0 Å². The highest BCUT2D eigenvalue weighted by Crippen LogP contribution is 2.67. The fraction of sp³-hybridized carbons (Fsp3) is 0.926. The molecule has 0 aromatic rings. The maximum absolute atomic E-state index is 13.0. The van der Waals surface area contributed by atoms with Crippen molar-refractivity contribution in [2.75, 3.05) is 0 Å².